The monoisotopic (exact) mass is 368 g/mol. The summed E-state index contributed by atoms with van der Waals surface area (Å²) >= 11 is 3.71. The van der Waals surface area contributed by atoms with Crippen LogP contribution in [-0.2, 0) is 9.47 Å². The van der Waals surface area contributed by atoms with Gasteiger partial charge < -0.3 is 9.47 Å². The Balaban J connectivity index is 1.82. The van der Waals surface area contributed by atoms with Gasteiger partial charge in [-0.2, -0.15) is 0 Å². The van der Waals surface area contributed by atoms with Gasteiger partial charge in [0.1, 0.15) is 8.07 Å². The molecule has 0 spiro atoms. The Labute approximate surface area is 137 Å². The second-order valence-corrected chi connectivity index (χ2v) is 11.4. The van der Waals surface area contributed by atoms with Crippen molar-refractivity contribution in [2.75, 3.05) is 13.2 Å². The quantitative estimate of drug-likeness (QED) is 0.694. The molecule has 0 N–H and O–H groups in total. The van der Waals surface area contributed by atoms with Crippen molar-refractivity contribution in [1.82, 2.24) is 0 Å². The molecule has 1 aliphatic rings. The van der Waals surface area contributed by atoms with E-state index in [0.717, 1.165) is 26.1 Å². The third kappa shape index (κ3) is 5.70. The van der Waals surface area contributed by atoms with Gasteiger partial charge >= 0.3 is 0 Å². The zero-order chi connectivity index (χ0) is 15.1. The smallest absolute Gasteiger partial charge is 0.157 e. The minimum absolute atomic E-state index is 0.0124. The number of halogens is 1. The van der Waals surface area contributed by atoms with Crippen LogP contribution in [0.4, 0.5) is 0 Å². The van der Waals surface area contributed by atoms with E-state index in [9.17, 15) is 0 Å². The highest BCUT2D eigenvalue weighted by Crippen LogP contribution is 2.19. The predicted octanol–water partition coefficient (Wildman–Crippen LogP) is 4.35. The molecule has 0 aliphatic carbocycles. The summed E-state index contributed by atoms with van der Waals surface area (Å²) in [5.74, 6) is 0. The molecule has 1 saturated heterocycles. The van der Waals surface area contributed by atoms with Gasteiger partial charge in [-0.15, -0.1) is 0 Å². The van der Waals surface area contributed by atoms with Crippen LogP contribution in [0.3, 0.4) is 0 Å². The SMILES string of the molecule is C[Si](C)(/C=C(\Br)CCOC1CCCCO1)c1ccccc1. The van der Waals surface area contributed by atoms with Crippen molar-refractivity contribution in [2.24, 2.45) is 0 Å². The van der Waals surface area contributed by atoms with E-state index in [1.807, 2.05) is 0 Å². The molecule has 2 rings (SSSR count). The lowest BCUT2D eigenvalue weighted by Crippen LogP contribution is -2.39. The third-order valence-electron chi connectivity index (χ3n) is 3.82. The molecule has 1 aromatic rings. The minimum atomic E-state index is -1.53. The fraction of sp³-hybridized carbons (Fsp3) is 0.529. The lowest BCUT2D eigenvalue weighted by atomic mass is 10.2. The largest absolute Gasteiger partial charge is 0.353 e. The zero-order valence-corrected chi connectivity index (χ0v) is 15.6. The van der Waals surface area contributed by atoms with Crippen LogP contribution < -0.4 is 5.19 Å². The van der Waals surface area contributed by atoms with E-state index in [2.05, 4.69) is 65.1 Å². The first kappa shape index (κ1) is 16.9. The fourth-order valence-corrected chi connectivity index (χ4v) is 6.57. The van der Waals surface area contributed by atoms with Crippen LogP contribution in [0.15, 0.2) is 40.5 Å². The van der Waals surface area contributed by atoms with E-state index in [0.29, 0.717) is 0 Å². The number of hydrogen-bond donors (Lipinski definition) is 0. The van der Waals surface area contributed by atoms with Crippen molar-refractivity contribution in [3.05, 3.63) is 40.5 Å². The molecule has 0 amide bonds. The molecule has 1 heterocycles. The second kappa shape index (κ2) is 8.27. The van der Waals surface area contributed by atoms with Crippen LogP contribution in [-0.4, -0.2) is 27.6 Å². The lowest BCUT2D eigenvalue weighted by Gasteiger charge is -2.23. The molecular weight excluding hydrogens is 344 g/mol. The van der Waals surface area contributed by atoms with Gasteiger partial charge in [-0.3, -0.25) is 0 Å². The van der Waals surface area contributed by atoms with E-state index < -0.39 is 8.07 Å². The molecule has 0 radical (unpaired) electrons. The normalized spacial score (nSPS) is 20.5. The molecule has 116 valence electrons. The molecule has 0 saturated carbocycles. The molecule has 0 bridgehead atoms. The summed E-state index contributed by atoms with van der Waals surface area (Å²) in [5, 5.41) is 1.46. The maximum atomic E-state index is 5.80. The summed E-state index contributed by atoms with van der Waals surface area (Å²) in [6.45, 7) is 6.31. The molecule has 1 fully saturated rings. The highest BCUT2D eigenvalue weighted by molar-refractivity contribution is 9.11. The maximum Gasteiger partial charge on any atom is 0.157 e. The van der Waals surface area contributed by atoms with Gasteiger partial charge in [0, 0.05) is 13.0 Å². The standard InChI is InChI=1S/C17H25BrO2Si/c1-21(2,16-8-4-3-5-9-16)14-15(18)11-13-20-17-10-6-7-12-19-17/h3-5,8-9,14,17H,6-7,10-13H2,1-2H3/b15-14-. The summed E-state index contributed by atoms with van der Waals surface area (Å²) in [6.07, 6.45) is 4.35. The number of ether oxygens (including phenoxy) is 2. The highest BCUT2D eigenvalue weighted by atomic mass is 79.9. The molecule has 1 atom stereocenters. The Morgan fingerprint density at radius 3 is 2.76 bits per heavy atom. The number of rotatable bonds is 6. The van der Waals surface area contributed by atoms with Crippen LogP contribution in [0.25, 0.3) is 0 Å². The van der Waals surface area contributed by atoms with Crippen molar-refractivity contribution < 1.29 is 9.47 Å². The highest BCUT2D eigenvalue weighted by Gasteiger charge is 2.21. The summed E-state index contributed by atoms with van der Waals surface area (Å²) in [7, 11) is -1.53. The van der Waals surface area contributed by atoms with Crippen molar-refractivity contribution in [1.29, 1.82) is 0 Å². The van der Waals surface area contributed by atoms with Gasteiger partial charge in [0.05, 0.1) is 6.61 Å². The summed E-state index contributed by atoms with van der Waals surface area (Å²) in [5.41, 5.74) is 2.41. The van der Waals surface area contributed by atoms with Crippen molar-refractivity contribution in [3.63, 3.8) is 0 Å². The van der Waals surface area contributed by atoms with Crippen LogP contribution in [0, 0.1) is 0 Å². The Hall–Kier alpha value is -0.423. The molecule has 21 heavy (non-hydrogen) atoms. The van der Waals surface area contributed by atoms with Crippen molar-refractivity contribution >= 4 is 29.2 Å². The first-order chi connectivity index (χ1) is 10.1. The minimum Gasteiger partial charge on any atom is -0.353 e. The van der Waals surface area contributed by atoms with Gasteiger partial charge in [-0.05, 0) is 23.7 Å². The molecule has 4 heteroatoms. The Morgan fingerprint density at radius 2 is 2.10 bits per heavy atom. The van der Waals surface area contributed by atoms with E-state index in [1.54, 1.807) is 0 Å². The summed E-state index contributed by atoms with van der Waals surface area (Å²) in [6, 6.07) is 10.8. The Kier molecular flexibility index (Phi) is 6.67. The predicted molar refractivity (Wildman–Crippen MR) is 94.7 cm³/mol. The first-order valence-electron chi connectivity index (χ1n) is 7.74. The first-order valence-corrected chi connectivity index (χ1v) is 11.6. The number of benzene rings is 1. The van der Waals surface area contributed by atoms with Crippen molar-refractivity contribution in [3.8, 4) is 0 Å². The van der Waals surface area contributed by atoms with Gasteiger partial charge in [0.25, 0.3) is 0 Å². The van der Waals surface area contributed by atoms with Gasteiger partial charge in [0.2, 0.25) is 0 Å². The molecule has 1 unspecified atom stereocenters. The third-order valence-corrected chi connectivity index (χ3v) is 7.76. The zero-order valence-electron chi connectivity index (χ0n) is 13.0. The van der Waals surface area contributed by atoms with E-state index in [1.165, 1.54) is 22.5 Å². The Bertz CT molecular complexity index is 453. The van der Waals surface area contributed by atoms with E-state index in [4.69, 9.17) is 9.47 Å². The molecule has 0 aromatic heterocycles. The van der Waals surface area contributed by atoms with Gasteiger partial charge in [-0.1, -0.05) is 70.2 Å². The van der Waals surface area contributed by atoms with Gasteiger partial charge in [0.15, 0.2) is 6.29 Å². The van der Waals surface area contributed by atoms with Gasteiger partial charge in [-0.25, -0.2) is 0 Å². The van der Waals surface area contributed by atoms with Crippen LogP contribution in [0.1, 0.15) is 25.7 Å². The van der Waals surface area contributed by atoms with Crippen LogP contribution in [0.5, 0.6) is 0 Å². The average Bonchev–Trinajstić information content (AvgIpc) is 2.49. The second-order valence-electron chi connectivity index (χ2n) is 6.10. The molecule has 1 aliphatic heterocycles. The van der Waals surface area contributed by atoms with Crippen LogP contribution >= 0.6 is 15.9 Å². The molecule has 2 nitrogen and oxygen atoms in total. The average molecular weight is 369 g/mol. The van der Waals surface area contributed by atoms with E-state index >= 15 is 0 Å². The number of hydrogen-bond acceptors (Lipinski definition) is 2. The molecule has 1 aromatic carbocycles. The van der Waals surface area contributed by atoms with Crippen LogP contribution in [0.2, 0.25) is 13.1 Å². The summed E-state index contributed by atoms with van der Waals surface area (Å²) < 4.78 is 12.6. The molecular formula is C17H25BrO2Si. The lowest BCUT2D eigenvalue weighted by molar-refractivity contribution is -0.161. The fourth-order valence-electron chi connectivity index (χ4n) is 2.55. The maximum absolute atomic E-state index is 5.80. The topological polar surface area (TPSA) is 18.5 Å². The van der Waals surface area contributed by atoms with Crippen molar-refractivity contribution in [2.45, 2.75) is 45.1 Å². The summed E-state index contributed by atoms with van der Waals surface area (Å²) in [4.78, 5) is 0. The van der Waals surface area contributed by atoms with E-state index in [-0.39, 0.29) is 6.29 Å². The Morgan fingerprint density at radius 1 is 1.33 bits per heavy atom.